The van der Waals surface area contributed by atoms with Crippen LogP contribution in [0.25, 0.3) is 0 Å². The molecule has 1 atom stereocenters. The molecule has 25 heavy (non-hydrogen) atoms. The number of benzene rings is 1. The molecule has 8 nitrogen and oxygen atoms in total. The molecule has 1 aliphatic heterocycles. The quantitative estimate of drug-likeness (QED) is 0.468. The van der Waals surface area contributed by atoms with Crippen LogP contribution in [0.5, 0.6) is 0 Å². The first-order valence-electron chi connectivity index (χ1n) is 7.43. The van der Waals surface area contributed by atoms with E-state index in [2.05, 4.69) is 11.4 Å². The van der Waals surface area contributed by atoms with Crippen LogP contribution in [0.15, 0.2) is 34.9 Å². The highest BCUT2D eigenvalue weighted by atomic mass is 32.2. The van der Waals surface area contributed by atoms with E-state index >= 15 is 0 Å². The van der Waals surface area contributed by atoms with Crippen LogP contribution in [-0.2, 0) is 14.3 Å². The second kappa shape index (κ2) is 8.30. The van der Waals surface area contributed by atoms with Crippen molar-refractivity contribution in [3.8, 4) is 6.07 Å². The van der Waals surface area contributed by atoms with Crippen LogP contribution in [-0.4, -0.2) is 29.2 Å². The summed E-state index contributed by atoms with van der Waals surface area (Å²) >= 11 is 1.03. The normalized spacial score (nSPS) is 16.8. The minimum absolute atomic E-state index is 0.0262. The van der Waals surface area contributed by atoms with Crippen molar-refractivity contribution < 1.29 is 19.2 Å². The Morgan fingerprint density at radius 3 is 2.72 bits per heavy atom. The van der Waals surface area contributed by atoms with Crippen molar-refractivity contribution in [1.29, 1.82) is 5.26 Å². The fourth-order valence-corrected chi connectivity index (χ4v) is 3.25. The summed E-state index contributed by atoms with van der Waals surface area (Å²) in [6.07, 6.45) is 0.0597. The largest absolute Gasteiger partial charge is 0.465 e. The number of ether oxygens (including phenoxy) is 1. The van der Waals surface area contributed by atoms with Gasteiger partial charge in [-0.1, -0.05) is 23.9 Å². The van der Waals surface area contributed by atoms with E-state index in [0.29, 0.717) is 16.2 Å². The van der Waals surface area contributed by atoms with Crippen LogP contribution in [0.3, 0.4) is 0 Å². The molecule has 0 fully saturated rings. The molecule has 1 amide bonds. The molecule has 0 aromatic heterocycles. The Balaban J connectivity index is 2.28. The molecule has 1 aromatic carbocycles. The van der Waals surface area contributed by atoms with Crippen molar-refractivity contribution in [3.63, 3.8) is 0 Å². The van der Waals surface area contributed by atoms with E-state index in [-0.39, 0.29) is 30.4 Å². The highest BCUT2D eigenvalue weighted by Gasteiger charge is 2.30. The SMILES string of the molecule is CCOC(=O)CSC1=C(C#N)[C@@H](c2ccc([N+](=O)[O-])cc2)CC(=O)N1. The van der Waals surface area contributed by atoms with E-state index in [9.17, 15) is 25.0 Å². The van der Waals surface area contributed by atoms with Crippen molar-refractivity contribution >= 4 is 29.3 Å². The topological polar surface area (TPSA) is 122 Å². The summed E-state index contributed by atoms with van der Waals surface area (Å²) in [5, 5.41) is 23.2. The molecule has 0 saturated carbocycles. The number of esters is 1. The Bertz CT molecular complexity index is 767. The zero-order valence-electron chi connectivity index (χ0n) is 13.4. The predicted octanol–water partition coefficient (Wildman–Crippen LogP) is 2.23. The van der Waals surface area contributed by atoms with Gasteiger partial charge >= 0.3 is 5.97 Å². The molecule has 0 bridgehead atoms. The van der Waals surface area contributed by atoms with Crippen LogP contribution < -0.4 is 5.32 Å². The van der Waals surface area contributed by atoms with Gasteiger partial charge in [-0.3, -0.25) is 19.7 Å². The van der Waals surface area contributed by atoms with E-state index in [1.807, 2.05) is 0 Å². The summed E-state index contributed by atoms with van der Waals surface area (Å²) in [7, 11) is 0. The Kier molecular flexibility index (Phi) is 6.14. The van der Waals surface area contributed by atoms with Gasteiger partial charge < -0.3 is 10.1 Å². The highest BCUT2D eigenvalue weighted by molar-refractivity contribution is 8.03. The van der Waals surface area contributed by atoms with Gasteiger partial charge in [-0.05, 0) is 12.5 Å². The molecule has 0 saturated heterocycles. The van der Waals surface area contributed by atoms with Gasteiger partial charge in [-0.25, -0.2) is 0 Å². The van der Waals surface area contributed by atoms with Crippen LogP contribution in [0.2, 0.25) is 0 Å². The number of allylic oxidation sites excluding steroid dienone is 1. The van der Waals surface area contributed by atoms with Crippen molar-refractivity contribution in [2.75, 3.05) is 12.4 Å². The number of nitrogens with zero attached hydrogens (tertiary/aromatic N) is 2. The lowest BCUT2D eigenvalue weighted by atomic mass is 9.87. The first kappa shape index (κ1) is 18.5. The minimum atomic E-state index is -0.515. The number of rotatable bonds is 6. The summed E-state index contributed by atoms with van der Waals surface area (Å²) in [6, 6.07) is 7.81. The second-order valence-corrected chi connectivity index (χ2v) is 6.09. The summed E-state index contributed by atoms with van der Waals surface area (Å²) in [5.41, 5.74) is 0.886. The molecule has 130 valence electrons. The Labute approximate surface area is 148 Å². The summed E-state index contributed by atoms with van der Waals surface area (Å²) in [5.74, 6) is -1.26. The van der Waals surface area contributed by atoms with Crippen LogP contribution in [0.4, 0.5) is 5.69 Å². The number of nitro benzene ring substituents is 1. The average Bonchev–Trinajstić information content (AvgIpc) is 2.59. The number of amides is 1. The molecule has 9 heteroatoms. The number of nitriles is 1. The fourth-order valence-electron chi connectivity index (χ4n) is 2.38. The van der Waals surface area contributed by atoms with Gasteiger partial charge in [0.1, 0.15) is 0 Å². The monoisotopic (exact) mass is 361 g/mol. The summed E-state index contributed by atoms with van der Waals surface area (Å²) in [6.45, 7) is 1.94. The molecule has 0 aliphatic carbocycles. The van der Waals surface area contributed by atoms with Crippen LogP contribution in [0, 0.1) is 21.4 Å². The molecule has 0 spiro atoms. The third-order valence-electron chi connectivity index (χ3n) is 3.50. The smallest absolute Gasteiger partial charge is 0.316 e. The summed E-state index contributed by atoms with van der Waals surface area (Å²) < 4.78 is 4.83. The van der Waals surface area contributed by atoms with Gasteiger partial charge in [0.05, 0.1) is 34.0 Å². The van der Waals surface area contributed by atoms with Crippen molar-refractivity contribution in [2.24, 2.45) is 0 Å². The van der Waals surface area contributed by atoms with Crippen molar-refractivity contribution in [1.82, 2.24) is 5.32 Å². The number of carbonyl (C=O) groups is 2. The Hall–Kier alpha value is -2.86. The zero-order valence-corrected chi connectivity index (χ0v) is 14.2. The molecule has 2 rings (SSSR count). The van der Waals surface area contributed by atoms with E-state index in [1.165, 1.54) is 24.3 Å². The number of hydrogen-bond acceptors (Lipinski definition) is 7. The van der Waals surface area contributed by atoms with E-state index in [4.69, 9.17) is 4.74 Å². The number of carbonyl (C=O) groups excluding carboxylic acids is 2. The molecule has 1 N–H and O–H groups in total. The highest BCUT2D eigenvalue weighted by Crippen LogP contribution is 2.36. The lowest BCUT2D eigenvalue weighted by Crippen LogP contribution is -2.31. The number of non-ortho nitro benzene ring substituents is 1. The number of thioether (sulfide) groups is 1. The van der Waals surface area contributed by atoms with E-state index in [0.717, 1.165) is 11.8 Å². The number of nitrogens with one attached hydrogen (secondary N) is 1. The Morgan fingerprint density at radius 1 is 1.48 bits per heavy atom. The molecule has 0 radical (unpaired) electrons. The number of nitro groups is 1. The third-order valence-corrected chi connectivity index (χ3v) is 4.49. The van der Waals surface area contributed by atoms with Crippen LogP contribution in [0.1, 0.15) is 24.8 Å². The Morgan fingerprint density at radius 2 is 2.16 bits per heavy atom. The van der Waals surface area contributed by atoms with Gasteiger partial charge in [0.2, 0.25) is 5.91 Å². The van der Waals surface area contributed by atoms with Crippen LogP contribution >= 0.6 is 11.8 Å². The van der Waals surface area contributed by atoms with Crippen molar-refractivity contribution in [2.45, 2.75) is 19.3 Å². The molecule has 0 unspecified atom stereocenters. The lowest BCUT2D eigenvalue weighted by Gasteiger charge is -2.24. The van der Waals surface area contributed by atoms with E-state index in [1.54, 1.807) is 6.92 Å². The minimum Gasteiger partial charge on any atom is -0.465 e. The standard InChI is InChI=1S/C16H15N3O5S/c1-2-24-15(21)9-25-16-13(8-17)12(7-14(20)18-16)10-3-5-11(6-4-10)19(22)23/h3-6,12H,2,7,9H2,1H3,(H,18,20)/t12-/m1/s1. The predicted molar refractivity (Wildman–Crippen MR) is 90.3 cm³/mol. The maximum atomic E-state index is 12.0. The zero-order chi connectivity index (χ0) is 18.4. The van der Waals surface area contributed by atoms with Gasteiger partial charge in [0, 0.05) is 24.5 Å². The maximum absolute atomic E-state index is 12.0. The van der Waals surface area contributed by atoms with Crippen molar-refractivity contribution in [3.05, 3.63) is 50.5 Å². The molecule has 1 aliphatic rings. The lowest BCUT2D eigenvalue weighted by molar-refractivity contribution is -0.384. The summed E-state index contributed by atoms with van der Waals surface area (Å²) in [4.78, 5) is 33.7. The number of hydrogen-bond donors (Lipinski definition) is 1. The third kappa shape index (κ3) is 4.58. The van der Waals surface area contributed by atoms with Gasteiger partial charge in [-0.2, -0.15) is 5.26 Å². The van der Waals surface area contributed by atoms with E-state index < -0.39 is 16.8 Å². The first-order chi connectivity index (χ1) is 12.0. The second-order valence-electron chi connectivity index (χ2n) is 5.10. The van der Waals surface area contributed by atoms with Gasteiger partial charge in [-0.15, -0.1) is 0 Å². The first-order valence-corrected chi connectivity index (χ1v) is 8.41. The molecule has 1 heterocycles. The fraction of sp³-hybridized carbons (Fsp3) is 0.312. The maximum Gasteiger partial charge on any atom is 0.316 e. The molecular formula is C16H15N3O5S. The van der Waals surface area contributed by atoms with Gasteiger partial charge in [0.15, 0.2) is 0 Å². The molecular weight excluding hydrogens is 346 g/mol. The van der Waals surface area contributed by atoms with Gasteiger partial charge in [0.25, 0.3) is 5.69 Å². The average molecular weight is 361 g/mol. The molecule has 1 aromatic rings.